The summed E-state index contributed by atoms with van der Waals surface area (Å²) >= 11 is 1.62. The summed E-state index contributed by atoms with van der Waals surface area (Å²) < 4.78 is 1.15. The highest BCUT2D eigenvalue weighted by Crippen LogP contribution is 2.61. The van der Waals surface area contributed by atoms with Gasteiger partial charge in [-0.05, 0) is 48.5 Å². The maximum absolute atomic E-state index is 12.9. The van der Waals surface area contributed by atoms with E-state index in [0.29, 0.717) is 17.3 Å². The quantitative estimate of drug-likeness (QED) is 0.879. The van der Waals surface area contributed by atoms with Crippen LogP contribution in [0, 0.1) is 23.2 Å². The number of thiophene rings is 1. The molecular formula is C20H25NO2S. The molecular weight excluding hydrogens is 318 g/mol. The third kappa shape index (κ3) is 2.39. The van der Waals surface area contributed by atoms with E-state index in [4.69, 9.17) is 0 Å². The minimum atomic E-state index is 0.0431. The van der Waals surface area contributed by atoms with Crippen LogP contribution in [0.25, 0.3) is 10.1 Å². The van der Waals surface area contributed by atoms with Crippen LogP contribution in [0.15, 0.2) is 29.6 Å². The van der Waals surface area contributed by atoms with E-state index in [0.717, 1.165) is 34.4 Å². The van der Waals surface area contributed by atoms with Crippen molar-refractivity contribution in [3.05, 3.63) is 35.2 Å². The van der Waals surface area contributed by atoms with Crippen molar-refractivity contribution in [3.63, 3.8) is 0 Å². The highest BCUT2D eigenvalue weighted by Gasteiger charge is 2.57. The first-order valence-corrected chi connectivity index (χ1v) is 9.78. The second-order valence-electron chi connectivity index (χ2n) is 8.01. The Hall–Kier alpha value is -1.39. The van der Waals surface area contributed by atoms with Crippen LogP contribution in [-0.2, 0) is 0 Å². The molecule has 2 bridgehead atoms. The summed E-state index contributed by atoms with van der Waals surface area (Å²) in [5.41, 5.74) is 1.10. The van der Waals surface area contributed by atoms with Crippen LogP contribution in [-0.4, -0.2) is 23.7 Å². The standard InChI is InChI=1S/C20H25NO2S/c1-20(2)13-9-12(7-8-22)18(16(20)10-13)21-19(23)15-11-24-17-6-4-3-5-14(15)17/h3-6,11-13,16,18,22H,7-10H2,1-2H3,(H,21,23)/t12-,13+,16+,18+/m0/s1. The molecule has 2 N–H and O–H groups in total. The van der Waals surface area contributed by atoms with Gasteiger partial charge in [0.15, 0.2) is 0 Å². The van der Waals surface area contributed by atoms with Gasteiger partial charge >= 0.3 is 0 Å². The first-order valence-electron chi connectivity index (χ1n) is 8.90. The van der Waals surface area contributed by atoms with E-state index in [9.17, 15) is 9.90 Å². The zero-order chi connectivity index (χ0) is 16.9. The van der Waals surface area contributed by atoms with E-state index in [1.807, 2.05) is 23.6 Å². The Bertz CT molecular complexity index is 766. The van der Waals surface area contributed by atoms with Gasteiger partial charge in [-0.15, -0.1) is 11.3 Å². The molecule has 4 atom stereocenters. The van der Waals surface area contributed by atoms with Crippen LogP contribution in [0.5, 0.6) is 0 Å². The SMILES string of the molecule is CC1(C)[C@@H]2C[C@H](CCO)[C@@H](NC(=O)c3csc4ccccc34)[C@H]1C2. The highest BCUT2D eigenvalue weighted by atomic mass is 32.1. The topological polar surface area (TPSA) is 49.3 Å². The lowest BCUT2D eigenvalue weighted by Crippen LogP contribution is -2.63. The fourth-order valence-corrected chi connectivity index (χ4v) is 5.91. The van der Waals surface area contributed by atoms with Crippen LogP contribution in [0.2, 0.25) is 0 Å². The molecule has 1 heterocycles. The molecule has 1 aromatic carbocycles. The van der Waals surface area contributed by atoms with Gasteiger partial charge in [-0.2, -0.15) is 0 Å². The molecule has 128 valence electrons. The molecule has 1 aromatic heterocycles. The number of amides is 1. The van der Waals surface area contributed by atoms with Gasteiger partial charge in [0.05, 0.1) is 5.56 Å². The second-order valence-corrected chi connectivity index (χ2v) is 8.92. The van der Waals surface area contributed by atoms with Crippen molar-refractivity contribution in [3.8, 4) is 0 Å². The van der Waals surface area contributed by atoms with Crippen molar-refractivity contribution in [2.45, 2.75) is 39.2 Å². The molecule has 3 saturated carbocycles. The Kier molecular flexibility index (Phi) is 3.92. The Morgan fingerprint density at radius 3 is 2.88 bits per heavy atom. The molecule has 3 nitrogen and oxygen atoms in total. The van der Waals surface area contributed by atoms with Gasteiger partial charge in [0.1, 0.15) is 0 Å². The van der Waals surface area contributed by atoms with Gasteiger partial charge in [-0.3, -0.25) is 4.79 Å². The van der Waals surface area contributed by atoms with E-state index in [2.05, 4.69) is 25.2 Å². The molecule has 4 heteroatoms. The van der Waals surface area contributed by atoms with Crippen LogP contribution in [0.1, 0.15) is 43.5 Å². The zero-order valence-corrected chi connectivity index (χ0v) is 15.1. The summed E-state index contributed by atoms with van der Waals surface area (Å²) in [6.45, 7) is 4.87. The maximum atomic E-state index is 12.9. The second kappa shape index (κ2) is 5.85. The fourth-order valence-electron chi connectivity index (χ4n) is 4.97. The lowest BCUT2D eigenvalue weighted by atomic mass is 9.44. The molecule has 0 spiro atoms. The number of nitrogens with one attached hydrogen (secondary N) is 1. The van der Waals surface area contributed by atoms with Gasteiger partial charge in [0.2, 0.25) is 0 Å². The molecule has 3 aliphatic carbocycles. The van der Waals surface area contributed by atoms with Crippen molar-refractivity contribution in [2.24, 2.45) is 23.2 Å². The summed E-state index contributed by atoms with van der Waals surface area (Å²) in [6, 6.07) is 8.27. The predicted octanol–water partition coefficient (Wildman–Crippen LogP) is 4.06. The molecule has 2 aromatic rings. The monoisotopic (exact) mass is 343 g/mol. The fraction of sp³-hybridized carbons (Fsp3) is 0.550. The van der Waals surface area contributed by atoms with Crippen LogP contribution < -0.4 is 5.32 Å². The largest absolute Gasteiger partial charge is 0.396 e. The van der Waals surface area contributed by atoms with E-state index >= 15 is 0 Å². The molecule has 3 fully saturated rings. The molecule has 0 saturated heterocycles. The smallest absolute Gasteiger partial charge is 0.252 e. The third-order valence-electron chi connectivity index (χ3n) is 6.60. The third-order valence-corrected chi connectivity index (χ3v) is 7.56. The van der Waals surface area contributed by atoms with Gasteiger partial charge in [0.25, 0.3) is 5.91 Å². The number of rotatable bonds is 4. The summed E-state index contributed by atoms with van der Waals surface area (Å²) in [4.78, 5) is 12.9. The number of carbonyl (C=O) groups excluding carboxylic acids is 1. The molecule has 0 unspecified atom stereocenters. The van der Waals surface area contributed by atoms with Crippen molar-refractivity contribution >= 4 is 27.3 Å². The average Bonchev–Trinajstić information content (AvgIpc) is 3.00. The lowest BCUT2D eigenvalue weighted by molar-refractivity contribution is -0.114. The van der Waals surface area contributed by atoms with E-state index in [1.165, 1.54) is 6.42 Å². The van der Waals surface area contributed by atoms with Gasteiger partial charge < -0.3 is 10.4 Å². The Morgan fingerprint density at radius 2 is 2.12 bits per heavy atom. The van der Waals surface area contributed by atoms with E-state index in [1.54, 1.807) is 11.3 Å². The number of hydrogen-bond acceptors (Lipinski definition) is 3. The van der Waals surface area contributed by atoms with Gasteiger partial charge in [-0.1, -0.05) is 32.0 Å². The molecule has 3 aliphatic rings. The number of aliphatic hydroxyl groups excluding tert-OH is 1. The molecule has 1 amide bonds. The molecule has 0 radical (unpaired) electrons. The van der Waals surface area contributed by atoms with Gasteiger partial charge in [-0.25, -0.2) is 0 Å². The maximum Gasteiger partial charge on any atom is 0.252 e. The van der Waals surface area contributed by atoms with Gasteiger partial charge in [0, 0.05) is 28.1 Å². The zero-order valence-electron chi connectivity index (χ0n) is 14.3. The Balaban J connectivity index is 1.59. The van der Waals surface area contributed by atoms with Crippen molar-refractivity contribution < 1.29 is 9.90 Å². The van der Waals surface area contributed by atoms with Crippen LogP contribution in [0.4, 0.5) is 0 Å². The number of fused-ring (bicyclic) bond motifs is 3. The number of carbonyl (C=O) groups is 1. The minimum absolute atomic E-state index is 0.0431. The number of hydrogen-bond donors (Lipinski definition) is 2. The van der Waals surface area contributed by atoms with E-state index in [-0.39, 0.29) is 18.6 Å². The highest BCUT2D eigenvalue weighted by molar-refractivity contribution is 7.17. The van der Waals surface area contributed by atoms with Crippen molar-refractivity contribution in [1.82, 2.24) is 5.32 Å². The predicted molar refractivity (Wildman–Crippen MR) is 98.3 cm³/mol. The van der Waals surface area contributed by atoms with Crippen LogP contribution >= 0.6 is 11.3 Å². The van der Waals surface area contributed by atoms with E-state index < -0.39 is 0 Å². The minimum Gasteiger partial charge on any atom is -0.396 e. The van der Waals surface area contributed by atoms with Crippen molar-refractivity contribution in [1.29, 1.82) is 0 Å². The Morgan fingerprint density at radius 1 is 1.33 bits per heavy atom. The average molecular weight is 343 g/mol. The lowest BCUT2D eigenvalue weighted by Gasteiger charge is -2.62. The summed E-state index contributed by atoms with van der Waals surface area (Å²) in [5, 5.41) is 15.8. The van der Waals surface area contributed by atoms with Crippen molar-refractivity contribution in [2.75, 3.05) is 6.61 Å². The first kappa shape index (κ1) is 16.1. The summed E-state index contributed by atoms with van der Waals surface area (Å²) in [6.07, 6.45) is 3.13. The normalized spacial score (nSPS) is 30.8. The number of benzene rings is 1. The summed E-state index contributed by atoms with van der Waals surface area (Å²) in [7, 11) is 0. The summed E-state index contributed by atoms with van der Waals surface area (Å²) in [5.74, 6) is 1.72. The molecule has 5 rings (SSSR count). The first-order chi connectivity index (χ1) is 11.5. The molecule has 24 heavy (non-hydrogen) atoms. The van der Waals surface area contributed by atoms with Crippen LogP contribution in [0.3, 0.4) is 0 Å². The Labute approximate surface area is 147 Å². The number of aliphatic hydroxyl groups is 1. The molecule has 0 aliphatic heterocycles.